The maximum absolute atomic E-state index is 11.2. The fraction of sp³-hybridized carbons (Fsp3) is 0.167. The Balaban J connectivity index is 2.16. The number of carboxylic acid groups (broad SMARTS) is 1. The normalized spacial score (nSPS) is 13.5. The molecule has 3 heteroatoms. The molecule has 0 atom stereocenters. The SMILES string of the molecule is O=C(O)c1ccc2c(c1)C(c1ccccc1CO)=CCC2. The van der Waals surface area contributed by atoms with E-state index in [1.807, 2.05) is 30.3 Å². The molecule has 0 spiro atoms. The second kappa shape index (κ2) is 5.54. The molecule has 0 amide bonds. The Morgan fingerprint density at radius 1 is 1.10 bits per heavy atom. The number of hydrogen-bond donors (Lipinski definition) is 2. The van der Waals surface area contributed by atoms with Gasteiger partial charge in [-0.2, -0.15) is 0 Å². The lowest BCUT2D eigenvalue weighted by Gasteiger charge is -2.20. The highest BCUT2D eigenvalue weighted by Crippen LogP contribution is 2.34. The number of aliphatic hydroxyl groups excluding tert-OH is 1. The number of aromatic carboxylic acids is 1. The van der Waals surface area contributed by atoms with Crippen molar-refractivity contribution in [3.05, 3.63) is 76.4 Å². The molecule has 0 aliphatic heterocycles. The molecule has 1 aliphatic carbocycles. The van der Waals surface area contributed by atoms with E-state index in [0.29, 0.717) is 5.56 Å². The predicted molar refractivity (Wildman–Crippen MR) is 81.2 cm³/mol. The Hall–Kier alpha value is -2.39. The summed E-state index contributed by atoms with van der Waals surface area (Å²) in [4.78, 5) is 11.2. The summed E-state index contributed by atoms with van der Waals surface area (Å²) in [5.74, 6) is -0.918. The highest BCUT2D eigenvalue weighted by Gasteiger charge is 2.18. The lowest BCUT2D eigenvalue weighted by atomic mass is 9.84. The average molecular weight is 280 g/mol. The van der Waals surface area contributed by atoms with Crippen molar-refractivity contribution in [3.63, 3.8) is 0 Å². The third-order valence-corrected chi connectivity index (χ3v) is 3.89. The average Bonchev–Trinajstić information content (AvgIpc) is 2.53. The van der Waals surface area contributed by atoms with Crippen molar-refractivity contribution >= 4 is 11.5 Å². The van der Waals surface area contributed by atoms with Crippen LogP contribution in [0.2, 0.25) is 0 Å². The molecule has 106 valence electrons. The van der Waals surface area contributed by atoms with E-state index in [4.69, 9.17) is 0 Å². The fourth-order valence-corrected chi connectivity index (χ4v) is 2.84. The summed E-state index contributed by atoms with van der Waals surface area (Å²) in [7, 11) is 0. The topological polar surface area (TPSA) is 57.5 Å². The van der Waals surface area contributed by atoms with Crippen LogP contribution in [0.1, 0.15) is 39.0 Å². The molecule has 0 aromatic heterocycles. The van der Waals surface area contributed by atoms with Crippen LogP contribution in [0, 0.1) is 0 Å². The first kappa shape index (κ1) is 13.6. The number of fused-ring (bicyclic) bond motifs is 1. The number of rotatable bonds is 3. The molecule has 0 unspecified atom stereocenters. The molecule has 0 fully saturated rings. The summed E-state index contributed by atoms with van der Waals surface area (Å²) < 4.78 is 0. The van der Waals surface area contributed by atoms with Gasteiger partial charge in [0.1, 0.15) is 0 Å². The maximum atomic E-state index is 11.2. The van der Waals surface area contributed by atoms with E-state index in [1.165, 1.54) is 0 Å². The van der Waals surface area contributed by atoms with Crippen LogP contribution in [0.25, 0.3) is 5.57 Å². The summed E-state index contributed by atoms with van der Waals surface area (Å²) >= 11 is 0. The van der Waals surface area contributed by atoms with E-state index in [2.05, 4.69) is 6.08 Å². The van der Waals surface area contributed by atoms with Crippen molar-refractivity contribution in [2.24, 2.45) is 0 Å². The first-order valence-electron chi connectivity index (χ1n) is 6.96. The van der Waals surface area contributed by atoms with E-state index in [0.717, 1.165) is 40.7 Å². The molecule has 0 radical (unpaired) electrons. The van der Waals surface area contributed by atoms with Crippen molar-refractivity contribution < 1.29 is 15.0 Å². The summed E-state index contributed by atoms with van der Waals surface area (Å²) in [5, 5.41) is 18.7. The van der Waals surface area contributed by atoms with Crippen molar-refractivity contribution in [3.8, 4) is 0 Å². The minimum absolute atomic E-state index is 0.0263. The van der Waals surface area contributed by atoms with Crippen LogP contribution in [0.4, 0.5) is 0 Å². The third-order valence-electron chi connectivity index (χ3n) is 3.89. The number of carbonyl (C=O) groups is 1. The molecule has 2 N–H and O–H groups in total. The van der Waals surface area contributed by atoms with Gasteiger partial charge in [0.15, 0.2) is 0 Å². The molecule has 21 heavy (non-hydrogen) atoms. The van der Waals surface area contributed by atoms with E-state index in [9.17, 15) is 15.0 Å². The summed E-state index contributed by atoms with van der Waals surface area (Å²) in [6, 6.07) is 13.0. The molecular weight excluding hydrogens is 264 g/mol. The van der Waals surface area contributed by atoms with E-state index < -0.39 is 5.97 Å². The zero-order valence-corrected chi connectivity index (χ0v) is 11.5. The highest BCUT2D eigenvalue weighted by molar-refractivity contribution is 5.91. The zero-order chi connectivity index (χ0) is 14.8. The molecule has 2 aromatic carbocycles. The Morgan fingerprint density at radius 2 is 1.90 bits per heavy atom. The molecule has 1 aliphatic rings. The largest absolute Gasteiger partial charge is 0.478 e. The van der Waals surface area contributed by atoms with Crippen LogP contribution in [-0.4, -0.2) is 16.2 Å². The van der Waals surface area contributed by atoms with Crippen LogP contribution < -0.4 is 0 Å². The summed E-state index contributed by atoms with van der Waals surface area (Å²) in [6.45, 7) is -0.0263. The molecule has 0 saturated carbocycles. The van der Waals surface area contributed by atoms with Gasteiger partial charge < -0.3 is 10.2 Å². The Morgan fingerprint density at radius 3 is 2.67 bits per heavy atom. The van der Waals surface area contributed by atoms with Crippen LogP contribution >= 0.6 is 0 Å². The number of hydrogen-bond acceptors (Lipinski definition) is 2. The first-order valence-corrected chi connectivity index (χ1v) is 6.96. The monoisotopic (exact) mass is 280 g/mol. The van der Waals surface area contributed by atoms with Gasteiger partial charge in [0.05, 0.1) is 12.2 Å². The minimum atomic E-state index is -0.918. The maximum Gasteiger partial charge on any atom is 0.335 e. The van der Waals surface area contributed by atoms with Gasteiger partial charge >= 0.3 is 5.97 Å². The number of carboxylic acids is 1. The lowest BCUT2D eigenvalue weighted by molar-refractivity contribution is 0.0697. The van der Waals surface area contributed by atoms with Gasteiger partial charge in [-0.1, -0.05) is 36.4 Å². The van der Waals surface area contributed by atoms with Gasteiger partial charge in [-0.05, 0) is 52.8 Å². The van der Waals surface area contributed by atoms with Crippen LogP contribution in [0.5, 0.6) is 0 Å². The second-order valence-electron chi connectivity index (χ2n) is 5.15. The zero-order valence-electron chi connectivity index (χ0n) is 11.5. The molecule has 3 nitrogen and oxygen atoms in total. The first-order chi connectivity index (χ1) is 10.2. The van der Waals surface area contributed by atoms with Crippen molar-refractivity contribution in [1.29, 1.82) is 0 Å². The minimum Gasteiger partial charge on any atom is -0.478 e. The Labute approximate surface area is 123 Å². The number of aryl methyl sites for hydroxylation is 1. The van der Waals surface area contributed by atoms with Gasteiger partial charge in [-0.15, -0.1) is 0 Å². The van der Waals surface area contributed by atoms with Crippen molar-refractivity contribution in [2.45, 2.75) is 19.4 Å². The molecule has 0 heterocycles. The smallest absolute Gasteiger partial charge is 0.335 e. The predicted octanol–water partition coefficient (Wildman–Crippen LogP) is 3.26. The molecule has 2 aromatic rings. The summed E-state index contributed by atoms with van der Waals surface area (Å²) in [6.07, 6.45) is 3.97. The molecule has 0 bridgehead atoms. The van der Waals surface area contributed by atoms with Gasteiger partial charge in [0.25, 0.3) is 0 Å². The van der Waals surface area contributed by atoms with Gasteiger partial charge in [0, 0.05) is 0 Å². The second-order valence-corrected chi connectivity index (χ2v) is 5.15. The van der Waals surface area contributed by atoms with Crippen LogP contribution in [-0.2, 0) is 13.0 Å². The van der Waals surface area contributed by atoms with Gasteiger partial charge in [0.2, 0.25) is 0 Å². The van der Waals surface area contributed by atoms with E-state index in [-0.39, 0.29) is 6.61 Å². The Kier molecular flexibility index (Phi) is 3.59. The van der Waals surface area contributed by atoms with E-state index in [1.54, 1.807) is 12.1 Å². The third kappa shape index (κ3) is 2.48. The van der Waals surface area contributed by atoms with Crippen molar-refractivity contribution in [2.75, 3.05) is 0 Å². The quantitative estimate of drug-likeness (QED) is 0.907. The standard InChI is InChI=1S/C18H16O3/c19-11-14-4-1-2-6-15(14)16-7-3-5-12-8-9-13(18(20)21)10-17(12)16/h1-2,4,6-10,19H,3,5,11H2,(H,20,21). The van der Waals surface area contributed by atoms with Crippen molar-refractivity contribution in [1.82, 2.24) is 0 Å². The van der Waals surface area contributed by atoms with Gasteiger partial charge in [-0.3, -0.25) is 0 Å². The van der Waals surface area contributed by atoms with Crippen LogP contribution in [0.15, 0.2) is 48.5 Å². The van der Waals surface area contributed by atoms with Gasteiger partial charge in [-0.25, -0.2) is 4.79 Å². The molecule has 3 rings (SSSR count). The fourth-order valence-electron chi connectivity index (χ4n) is 2.84. The number of benzene rings is 2. The highest BCUT2D eigenvalue weighted by atomic mass is 16.4. The number of aliphatic hydroxyl groups is 1. The molecular formula is C18H16O3. The summed E-state index contributed by atoms with van der Waals surface area (Å²) in [5.41, 5.74) is 5.26. The lowest BCUT2D eigenvalue weighted by Crippen LogP contribution is -2.06. The Bertz CT molecular complexity index is 729. The van der Waals surface area contributed by atoms with Crippen LogP contribution in [0.3, 0.4) is 0 Å². The molecule has 0 saturated heterocycles. The number of allylic oxidation sites excluding steroid dienone is 1. The van der Waals surface area contributed by atoms with E-state index >= 15 is 0 Å².